The first-order valence-electron chi connectivity index (χ1n) is 5.12. The first kappa shape index (κ1) is 11.2. The highest BCUT2D eigenvalue weighted by atomic mass is 16.3. The maximum atomic E-state index is 11.4. The summed E-state index contributed by atoms with van der Waals surface area (Å²) in [6, 6.07) is 2.07. The van der Waals surface area contributed by atoms with Crippen LogP contribution in [0.5, 0.6) is 0 Å². The molecule has 0 spiro atoms. The molecule has 0 saturated heterocycles. The van der Waals surface area contributed by atoms with Crippen molar-refractivity contribution in [1.82, 2.24) is 0 Å². The lowest BCUT2D eigenvalue weighted by Crippen LogP contribution is -2.41. The Kier molecular flexibility index (Phi) is 3.28. The van der Waals surface area contributed by atoms with Crippen molar-refractivity contribution in [3.05, 3.63) is 0 Å². The van der Waals surface area contributed by atoms with Crippen LogP contribution in [-0.2, 0) is 4.79 Å². The van der Waals surface area contributed by atoms with Crippen molar-refractivity contribution in [3.63, 3.8) is 0 Å². The molecule has 0 heterocycles. The van der Waals surface area contributed by atoms with Gasteiger partial charge in [0, 0.05) is 5.92 Å². The van der Waals surface area contributed by atoms with Gasteiger partial charge >= 0.3 is 0 Å². The molecule has 3 atom stereocenters. The van der Waals surface area contributed by atoms with Crippen molar-refractivity contribution >= 4 is 5.78 Å². The number of ketones is 1. The summed E-state index contributed by atoms with van der Waals surface area (Å²) >= 11 is 0. The van der Waals surface area contributed by atoms with Gasteiger partial charge < -0.3 is 5.11 Å². The molecular weight excluding hydrogens is 178 g/mol. The quantitative estimate of drug-likeness (QED) is 0.728. The van der Waals surface area contributed by atoms with Crippen LogP contribution >= 0.6 is 0 Å². The highest BCUT2D eigenvalue weighted by molar-refractivity contribution is 5.85. The zero-order valence-corrected chi connectivity index (χ0v) is 8.79. The van der Waals surface area contributed by atoms with Crippen molar-refractivity contribution in [3.8, 4) is 6.07 Å². The predicted octanol–water partition coefficient (Wildman–Crippen LogP) is 1.66. The number of hydrogen-bond acceptors (Lipinski definition) is 3. The maximum absolute atomic E-state index is 11.4. The molecule has 78 valence electrons. The Morgan fingerprint density at radius 1 is 1.50 bits per heavy atom. The Bertz CT molecular complexity index is 269. The molecule has 1 fully saturated rings. The van der Waals surface area contributed by atoms with Crippen LogP contribution in [0.25, 0.3) is 0 Å². The molecule has 0 amide bonds. The van der Waals surface area contributed by atoms with E-state index in [1.165, 1.54) is 6.92 Å². The maximum Gasteiger partial charge on any atom is 0.150 e. The van der Waals surface area contributed by atoms with E-state index in [2.05, 4.69) is 6.07 Å². The van der Waals surface area contributed by atoms with Crippen molar-refractivity contribution in [1.29, 1.82) is 5.26 Å². The minimum Gasteiger partial charge on any atom is -0.393 e. The molecule has 1 aliphatic carbocycles. The summed E-state index contributed by atoms with van der Waals surface area (Å²) in [5, 5.41) is 18.8. The molecule has 3 heteroatoms. The number of Topliss-reactive ketones (excluding diaryl/α,β-unsaturated/α-hetero) is 1. The number of aliphatic hydroxyl groups excluding tert-OH is 1. The van der Waals surface area contributed by atoms with E-state index in [1.54, 1.807) is 6.92 Å². The lowest BCUT2D eigenvalue weighted by atomic mass is 9.67. The summed E-state index contributed by atoms with van der Waals surface area (Å²) in [5.74, 6) is -0.315. The lowest BCUT2D eigenvalue weighted by molar-refractivity contribution is -0.128. The van der Waals surface area contributed by atoms with Crippen molar-refractivity contribution < 1.29 is 9.90 Å². The Balaban J connectivity index is 2.88. The highest BCUT2D eigenvalue weighted by Gasteiger charge is 2.43. The number of carbonyl (C=O) groups is 1. The van der Waals surface area contributed by atoms with E-state index in [0.717, 1.165) is 25.7 Å². The fraction of sp³-hybridized carbons (Fsp3) is 0.818. The van der Waals surface area contributed by atoms with Gasteiger partial charge in [0.25, 0.3) is 0 Å². The largest absolute Gasteiger partial charge is 0.393 e. The average molecular weight is 195 g/mol. The molecule has 0 aliphatic heterocycles. The normalized spacial score (nSPS) is 31.6. The minimum absolute atomic E-state index is 0.133. The lowest BCUT2D eigenvalue weighted by Gasteiger charge is -2.36. The average Bonchev–Trinajstić information content (AvgIpc) is 2.17. The molecule has 3 unspecified atom stereocenters. The number of hydrogen-bond donors (Lipinski definition) is 1. The zero-order valence-electron chi connectivity index (χ0n) is 8.79. The van der Waals surface area contributed by atoms with E-state index in [9.17, 15) is 9.90 Å². The van der Waals surface area contributed by atoms with Gasteiger partial charge in [0.2, 0.25) is 0 Å². The Hall–Kier alpha value is -0.880. The molecule has 1 aliphatic rings. The van der Waals surface area contributed by atoms with Crippen LogP contribution in [0.15, 0.2) is 0 Å². The minimum atomic E-state index is -1.00. The number of nitriles is 1. The number of aliphatic hydroxyl groups is 1. The van der Waals surface area contributed by atoms with Gasteiger partial charge in [-0.15, -0.1) is 0 Å². The summed E-state index contributed by atoms with van der Waals surface area (Å²) in [6.45, 7) is 3.08. The van der Waals surface area contributed by atoms with Crippen molar-refractivity contribution in [2.75, 3.05) is 0 Å². The van der Waals surface area contributed by atoms with Gasteiger partial charge in [-0.1, -0.05) is 12.8 Å². The van der Waals surface area contributed by atoms with Crippen molar-refractivity contribution in [2.24, 2.45) is 11.3 Å². The summed E-state index contributed by atoms with van der Waals surface area (Å²) in [4.78, 5) is 11.4. The second-order valence-corrected chi connectivity index (χ2v) is 4.33. The van der Waals surface area contributed by atoms with E-state index in [-0.39, 0.29) is 11.7 Å². The smallest absolute Gasteiger partial charge is 0.150 e. The predicted molar refractivity (Wildman–Crippen MR) is 52.4 cm³/mol. The van der Waals surface area contributed by atoms with Gasteiger partial charge in [-0.3, -0.25) is 4.79 Å². The third kappa shape index (κ3) is 1.80. The van der Waals surface area contributed by atoms with Gasteiger partial charge in [-0.25, -0.2) is 0 Å². The molecular formula is C11H17NO2. The summed E-state index contributed by atoms with van der Waals surface area (Å²) in [6.07, 6.45) is 3.01. The molecule has 0 radical (unpaired) electrons. The van der Waals surface area contributed by atoms with Crippen LogP contribution in [0.3, 0.4) is 0 Å². The van der Waals surface area contributed by atoms with E-state index < -0.39 is 11.5 Å². The molecule has 0 aromatic rings. The molecule has 0 aromatic heterocycles. The molecule has 1 saturated carbocycles. The molecule has 0 bridgehead atoms. The van der Waals surface area contributed by atoms with Crippen molar-refractivity contribution in [2.45, 2.75) is 45.6 Å². The highest BCUT2D eigenvalue weighted by Crippen LogP contribution is 2.38. The van der Waals surface area contributed by atoms with Gasteiger partial charge in [-0.05, 0) is 26.7 Å². The van der Waals surface area contributed by atoms with Crippen LogP contribution in [-0.4, -0.2) is 17.0 Å². The SMILES string of the molecule is CC(=O)C(C)(C#N)C1CCCCC1O. The first-order chi connectivity index (χ1) is 6.52. The van der Waals surface area contributed by atoms with Gasteiger partial charge in [0.05, 0.1) is 12.2 Å². The second-order valence-electron chi connectivity index (χ2n) is 4.33. The third-order valence-electron chi connectivity index (χ3n) is 3.43. The molecule has 1 rings (SSSR count). The van der Waals surface area contributed by atoms with Crippen LogP contribution in [0, 0.1) is 22.7 Å². The van der Waals surface area contributed by atoms with Crippen LogP contribution in [0.1, 0.15) is 39.5 Å². The first-order valence-corrected chi connectivity index (χ1v) is 5.12. The third-order valence-corrected chi connectivity index (χ3v) is 3.43. The monoisotopic (exact) mass is 195 g/mol. The number of rotatable bonds is 2. The van der Waals surface area contributed by atoms with Crippen LogP contribution < -0.4 is 0 Å². The zero-order chi connectivity index (χ0) is 10.8. The number of nitrogens with zero attached hydrogens (tertiary/aromatic N) is 1. The molecule has 0 aromatic carbocycles. The van der Waals surface area contributed by atoms with E-state index in [4.69, 9.17) is 5.26 Å². The summed E-state index contributed by atoms with van der Waals surface area (Å²) < 4.78 is 0. The van der Waals surface area contributed by atoms with Gasteiger partial charge in [0.15, 0.2) is 0 Å². The summed E-state index contributed by atoms with van der Waals surface area (Å²) in [5.41, 5.74) is -1.00. The van der Waals surface area contributed by atoms with Gasteiger partial charge in [-0.2, -0.15) is 5.26 Å². The Labute approximate surface area is 84.7 Å². The van der Waals surface area contributed by atoms with E-state index in [1.807, 2.05) is 0 Å². The van der Waals surface area contributed by atoms with Crippen LogP contribution in [0.2, 0.25) is 0 Å². The van der Waals surface area contributed by atoms with E-state index in [0.29, 0.717) is 0 Å². The van der Waals surface area contributed by atoms with Gasteiger partial charge in [0.1, 0.15) is 11.2 Å². The second kappa shape index (κ2) is 4.10. The van der Waals surface area contributed by atoms with Crippen LogP contribution in [0.4, 0.5) is 0 Å². The molecule has 14 heavy (non-hydrogen) atoms. The Morgan fingerprint density at radius 2 is 2.07 bits per heavy atom. The Morgan fingerprint density at radius 3 is 2.50 bits per heavy atom. The number of carbonyl (C=O) groups excluding carboxylic acids is 1. The summed E-state index contributed by atoms with van der Waals surface area (Å²) in [7, 11) is 0. The molecule has 1 N–H and O–H groups in total. The molecule has 3 nitrogen and oxygen atoms in total. The standard InChI is InChI=1S/C11H17NO2/c1-8(13)11(2,7-12)9-5-3-4-6-10(9)14/h9-10,14H,3-6H2,1-2H3. The fourth-order valence-corrected chi connectivity index (χ4v) is 2.21. The van der Waals surface area contributed by atoms with E-state index >= 15 is 0 Å². The fourth-order valence-electron chi connectivity index (χ4n) is 2.21. The topological polar surface area (TPSA) is 61.1 Å².